The Bertz CT molecular complexity index is 240. The Balaban J connectivity index is 0. The van der Waals surface area contributed by atoms with E-state index in [1.807, 2.05) is 0 Å². The molecule has 0 aliphatic carbocycles. The van der Waals surface area contributed by atoms with Crippen LogP contribution in [0.5, 0.6) is 0 Å². The Morgan fingerprint density at radius 2 is 1.12 bits per heavy atom. The molecule has 0 aromatic rings. The molecule has 0 fully saturated rings. The topological polar surface area (TPSA) is 54.4 Å². The van der Waals surface area contributed by atoms with E-state index in [0.717, 1.165) is 12.8 Å². The van der Waals surface area contributed by atoms with Gasteiger partial charge in [-0.1, -0.05) is 64.7 Å². The number of rotatable bonds is 11. The summed E-state index contributed by atoms with van der Waals surface area (Å²) in [5.41, 5.74) is 0. The summed E-state index contributed by atoms with van der Waals surface area (Å²) >= 11 is 0. The molecule has 0 rings (SSSR count). The van der Waals surface area contributed by atoms with E-state index in [1.165, 1.54) is 44.9 Å². The van der Waals surface area contributed by atoms with E-state index in [0.29, 0.717) is 6.42 Å². The largest absolute Gasteiger partial charge is 0.286 e. The van der Waals surface area contributed by atoms with E-state index < -0.39 is 10.1 Å². The van der Waals surface area contributed by atoms with Crippen molar-refractivity contribution in [1.29, 1.82) is 0 Å². The van der Waals surface area contributed by atoms with Crippen molar-refractivity contribution < 1.29 is 13.0 Å². The predicted octanol–water partition coefficient (Wildman–Crippen LogP) is 3.41. The van der Waals surface area contributed by atoms with Crippen LogP contribution in [0.15, 0.2) is 0 Å². The third-order valence-electron chi connectivity index (χ3n) is 2.76. The molecule has 0 spiro atoms. The fraction of sp³-hybridized carbons (Fsp3) is 1.00. The van der Waals surface area contributed by atoms with E-state index in [4.69, 9.17) is 4.55 Å². The molecule has 0 bridgehead atoms. The Morgan fingerprint density at radius 1 is 0.765 bits per heavy atom. The third-order valence-corrected chi connectivity index (χ3v) is 3.56. The molecular formula is C12H26KO3S. The van der Waals surface area contributed by atoms with E-state index >= 15 is 0 Å². The summed E-state index contributed by atoms with van der Waals surface area (Å²) in [5, 5.41) is 0. The van der Waals surface area contributed by atoms with Gasteiger partial charge in [0.05, 0.1) is 5.75 Å². The van der Waals surface area contributed by atoms with Crippen molar-refractivity contribution in [2.45, 2.75) is 71.1 Å². The standard InChI is InChI=1S/C12H26O3S.K/c1-2-3-4-5-6-7-8-9-10-11-12-16(13,14)15;/h2-12H2,1H3,(H,13,14,15);. The van der Waals surface area contributed by atoms with Gasteiger partial charge in [0, 0.05) is 51.4 Å². The van der Waals surface area contributed by atoms with Crippen LogP contribution in [0.25, 0.3) is 0 Å². The molecular weight excluding hydrogens is 263 g/mol. The fourth-order valence-electron chi connectivity index (χ4n) is 1.77. The number of unbranched alkanes of at least 4 members (excludes halogenated alkanes) is 9. The van der Waals surface area contributed by atoms with Gasteiger partial charge in [0.15, 0.2) is 0 Å². The van der Waals surface area contributed by atoms with E-state index in [2.05, 4.69) is 6.92 Å². The normalized spacial score (nSPS) is 11.2. The minimum atomic E-state index is -3.73. The van der Waals surface area contributed by atoms with Crippen LogP contribution < -0.4 is 0 Å². The molecule has 0 aromatic heterocycles. The third kappa shape index (κ3) is 20.0. The Labute approximate surface area is 149 Å². The zero-order valence-corrected chi connectivity index (χ0v) is 15.4. The maximum Gasteiger partial charge on any atom is 0.264 e. The summed E-state index contributed by atoms with van der Waals surface area (Å²) < 4.78 is 29.4. The molecule has 99 valence electrons. The molecule has 1 N–H and O–H groups in total. The van der Waals surface area contributed by atoms with Gasteiger partial charge in [-0.3, -0.25) is 4.55 Å². The molecule has 17 heavy (non-hydrogen) atoms. The van der Waals surface area contributed by atoms with E-state index in [-0.39, 0.29) is 57.1 Å². The summed E-state index contributed by atoms with van der Waals surface area (Å²) in [6.45, 7) is 2.22. The van der Waals surface area contributed by atoms with Gasteiger partial charge in [0.1, 0.15) is 0 Å². The van der Waals surface area contributed by atoms with Crippen LogP contribution in [-0.4, -0.2) is 70.1 Å². The van der Waals surface area contributed by atoms with Gasteiger partial charge in [-0.2, -0.15) is 8.42 Å². The monoisotopic (exact) mass is 289 g/mol. The maximum atomic E-state index is 10.4. The fourth-order valence-corrected chi connectivity index (χ4v) is 2.34. The summed E-state index contributed by atoms with van der Waals surface area (Å²) in [6.07, 6.45) is 11.7. The van der Waals surface area contributed by atoms with E-state index in [1.54, 1.807) is 0 Å². The molecule has 0 aliphatic heterocycles. The van der Waals surface area contributed by atoms with Crippen LogP contribution in [0, 0.1) is 0 Å². The quantitative estimate of drug-likeness (QED) is 0.360. The molecule has 0 heterocycles. The van der Waals surface area contributed by atoms with Gasteiger partial charge in [-0.25, -0.2) is 0 Å². The first-order valence-corrected chi connectivity index (χ1v) is 8.12. The average molecular weight is 290 g/mol. The van der Waals surface area contributed by atoms with Gasteiger partial charge in [-0.15, -0.1) is 0 Å². The molecule has 0 unspecified atom stereocenters. The van der Waals surface area contributed by atoms with Gasteiger partial charge >= 0.3 is 0 Å². The van der Waals surface area contributed by atoms with Crippen molar-refractivity contribution in [2.75, 3.05) is 5.75 Å². The molecule has 0 atom stereocenters. The molecule has 5 heteroatoms. The molecule has 0 saturated heterocycles. The van der Waals surface area contributed by atoms with Crippen LogP contribution in [0.2, 0.25) is 0 Å². The zero-order valence-electron chi connectivity index (χ0n) is 11.5. The van der Waals surface area contributed by atoms with Crippen molar-refractivity contribution in [2.24, 2.45) is 0 Å². The Hall–Kier alpha value is 1.55. The van der Waals surface area contributed by atoms with Crippen LogP contribution in [0.1, 0.15) is 71.1 Å². The van der Waals surface area contributed by atoms with Crippen LogP contribution in [0.3, 0.4) is 0 Å². The van der Waals surface area contributed by atoms with Gasteiger partial charge in [-0.05, 0) is 6.42 Å². The summed E-state index contributed by atoms with van der Waals surface area (Å²) in [6, 6.07) is 0. The second-order valence-corrected chi connectivity index (χ2v) is 6.04. The molecule has 0 saturated carbocycles. The Kier molecular flexibility index (Phi) is 17.1. The maximum absolute atomic E-state index is 10.4. The van der Waals surface area contributed by atoms with Gasteiger partial charge in [0.25, 0.3) is 10.1 Å². The first kappa shape index (κ1) is 20.9. The molecule has 0 amide bonds. The first-order valence-electron chi connectivity index (χ1n) is 6.51. The van der Waals surface area contributed by atoms with Crippen LogP contribution in [-0.2, 0) is 10.1 Å². The number of hydrogen-bond donors (Lipinski definition) is 1. The Morgan fingerprint density at radius 3 is 1.47 bits per heavy atom. The summed E-state index contributed by atoms with van der Waals surface area (Å²) in [4.78, 5) is 0. The smallest absolute Gasteiger partial charge is 0.264 e. The predicted molar refractivity (Wildman–Crippen MR) is 74.0 cm³/mol. The second-order valence-electron chi connectivity index (χ2n) is 4.47. The van der Waals surface area contributed by atoms with Crippen molar-refractivity contribution in [3.8, 4) is 0 Å². The minimum Gasteiger partial charge on any atom is -0.286 e. The van der Waals surface area contributed by atoms with Crippen molar-refractivity contribution >= 4 is 61.5 Å². The minimum absolute atomic E-state index is 0. The SMILES string of the molecule is CCCCCCCCCCCCS(=O)(=O)O.[K]. The summed E-state index contributed by atoms with van der Waals surface area (Å²) in [7, 11) is -3.73. The molecule has 0 aliphatic rings. The van der Waals surface area contributed by atoms with Gasteiger partial charge in [0.2, 0.25) is 0 Å². The second kappa shape index (κ2) is 14.0. The summed E-state index contributed by atoms with van der Waals surface area (Å²) in [5.74, 6) is -0.0799. The van der Waals surface area contributed by atoms with Crippen LogP contribution in [0.4, 0.5) is 0 Å². The van der Waals surface area contributed by atoms with Crippen molar-refractivity contribution in [3.63, 3.8) is 0 Å². The van der Waals surface area contributed by atoms with Gasteiger partial charge < -0.3 is 0 Å². The van der Waals surface area contributed by atoms with Crippen molar-refractivity contribution in [3.05, 3.63) is 0 Å². The number of hydrogen-bond acceptors (Lipinski definition) is 2. The molecule has 3 nitrogen and oxygen atoms in total. The average Bonchev–Trinajstić information content (AvgIpc) is 2.19. The van der Waals surface area contributed by atoms with E-state index in [9.17, 15) is 8.42 Å². The zero-order chi connectivity index (χ0) is 12.3. The van der Waals surface area contributed by atoms with Crippen LogP contribution >= 0.6 is 0 Å². The van der Waals surface area contributed by atoms with Crippen molar-refractivity contribution in [1.82, 2.24) is 0 Å². The molecule has 0 aromatic carbocycles. The first-order chi connectivity index (χ1) is 7.56. The molecule has 1 radical (unpaired) electrons.